The number of carboxylic acids is 2. The number of hydrogen-bond acceptors (Lipinski definition) is 8. The first-order valence-corrected chi connectivity index (χ1v) is 8.52. The molecule has 0 aromatic heterocycles. The van der Waals surface area contributed by atoms with E-state index < -0.39 is 42.4 Å². The summed E-state index contributed by atoms with van der Waals surface area (Å²) in [4.78, 5) is 64.3. The van der Waals surface area contributed by atoms with Crippen LogP contribution in [0.1, 0.15) is 12.8 Å². The maximum Gasteiger partial charge on any atom is 0.322 e. The quantitative estimate of drug-likeness (QED) is 0.183. The van der Waals surface area contributed by atoms with E-state index in [1.54, 1.807) is 0 Å². The largest absolute Gasteiger partial charge is 0.480 e. The lowest BCUT2D eigenvalue weighted by Crippen LogP contribution is -2.49. The molecule has 11 nitrogen and oxygen atoms in total. The molecule has 0 spiro atoms. The number of amides is 2. The second kappa shape index (κ2) is 13.2. The molecule has 0 heterocycles. The Morgan fingerprint density at radius 2 is 1.54 bits per heavy atom. The molecule has 0 fully saturated rings. The highest BCUT2D eigenvalue weighted by atomic mass is 32.1. The molecule has 0 radical (unpaired) electrons. The van der Waals surface area contributed by atoms with Crippen molar-refractivity contribution in [3.8, 4) is 0 Å². The second-order valence-electron chi connectivity index (χ2n) is 5.37. The Balaban J connectivity index is 0.000000749. The number of nitrogens with one attached hydrogen (secondary N) is 2. The monoisotopic (exact) mass is 415 g/mol. The van der Waals surface area contributed by atoms with Gasteiger partial charge in [-0.3, -0.25) is 28.8 Å². The molecule has 1 rings (SSSR count). The SMILES string of the molecule is NC(CCC(=O)NC(CS)C(=O)NCC(=O)O)C(=O)O.O=C1C=CC(=O)C=C1. The van der Waals surface area contributed by atoms with Gasteiger partial charge in [0.1, 0.15) is 18.6 Å². The Kier molecular flexibility index (Phi) is 11.8. The molecular formula is C16H21N3O8S. The van der Waals surface area contributed by atoms with Crippen molar-refractivity contribution in [1.29, 1.82) is 0 Å². The van der Waals surface area contributed by atoms with E-state index in [1.807, 2.05) is 0 Å². The Morgan fingerprint density at radius 3 is 1.93 bits per heavy atom. The van der Waals surface area contributed by atoms with Gasteiger partial charge in [-0.15, -0.1) is 0 Å². The molecule has 2 amide bonds. The minimum atomic E-state index is -1.22. The van der Waals surface area contributed by atoms with E-state index in [0.29, 0.717) is 0 Å². The first-order valence-electron chi connectivity index (χ1n) is 7.89. The van der Waals surface area contributed by atoms with Crippen molar-refractivity contribution in [3.63, 3.8) is 0 Å². The number of nitrogens with two attached hydrogens (primary N) is 1. The molecule has 0 aromatic carbocycles. The maximum absolute atomic E-state index is 11.5. The Hall–Kier alpha value is -2.99. The summed E-state index contributed by atoms with van der Waals surface area (Å²) in [6.45, 7) is -0.567. The highest BCUT2D eigenvalue weighted by Crippen LogP contribution is 1.97. The van der Waals surface area contributed by atoms with Crippen LogP contribution in [0.5, 0.6) is 0 Å². The van der Waals surface area contributed by atoms with Gasteiger partial charge in [0.15, 0.2) is 11.6 Å². The van der Waals surface area contributed by atoms with Crippen molar-refractivity contribution in [2.75, 3.05) is 12.3 Å². The van der Waals surface area contributed by atoms with Crippen LogP contribution in [0.15, 0.2) is 24.3 Å². The minimum Gasteiger partial charge on any atom is -0.480 e. The summed E-state index contributed by atoms with van der Waals surface area (Å²) in [5, 5.41) is 21.4. The molecule has 0 aromatic rings. The maximum atomic E-state index is 11.5. The van der Waals surface area contributed by atoms with Crippen molar-refractivity contribution in [1.82, 2.24) is 10.6 Å². The zero-order chi connectivity index (χ0) is 21.7. The summed E-state index contributed by atoms with van der Waals surface area (Å²) in [5.74, 6) is -3.95. The van der Waals surface area contributed by atoms with Crippen LogP contribution in [0.25, 0.3) is 0 Å². The molecule has 2 atom stereocenters. The van der Waals surface area contributed by atoms with E-state index in [0.717, 1.165) is 0 Å². The summed E-state index contributed by atoms with van der Waals surface area (Å²) in [7, 11) is 0. The average Bonchev–Trinajstić information content (AvgIpc) is 2.64. The van der Waals surface area contributed by atoms with Crippen molar-refractivity contribution < 1.29 is 39.0 Å². The van der Waals surface area contributed by atoms with E-state index in [1.165, 1.54) is 24.3 Å². The Labute approximate surface area is 165 Å². The van der Waals surface area contributed by atoms with Gasteiger partial charge in [-0.1, -0.05) is 0 Å². The first-order chi connectivity index (χ1) is 13.1. The van der Waals surface area contributed by atoms with Crippen LogP contribution in [0.3, 0.4) is 0 Å². The predicted octanol–water partition coefficient (Wildman–Crippen LogP) is -1.96. The van der Waals surface area contributed by atoms with Crippen LogP contribution in [-0.2, 0) is 28.8 Å². The highest BCUT2D eigenvalue weighted by Gasteiger charge is 2.20. The van der Waals surface area contributed by atoms with Crippen molar-refractivity contribution in [3.05, 3.63) is 24.3 Å². The highest BCUT2D eigenvalue weighted by molar-refractivity contribution is 7.80. The van der Waals surface area contributed by atoms with Crippen LogP contribution < -0.4 is 16.4 Å². The molecule has 28 heavy (non-hydrogen) atoms. The van der Waals surface area contributed by atoms with Gasteiger partial charge < -0.3 is 26.6 Å². The number of ketones is 2. The van der Waals surface area contributed by atoms with Gasteiger partial charge in [0.25, 0.3) is 0 Å². The normalized spacial score (nSPS) is 14.4. The predicted molar refractivity (Wildman–Crippen MR) is 99.6 cm³/mol. The fourth-order valence-electron chi connectivity index (χ4n) is 1.60. The lowest BCUT2D eigenvalue weighted by atomic mass is 10.1. The fraction of sp³-hybridized carbons (Fsp3) is 0.375. The van der Waals surface area contributed by atoms with E-state index in [-0.39, 0.29) is 30.2 Å². The van der Waals surface area contributed by atoms with E-state index in [9.17, 15) is 28.8 Å². The van der Waals surface area contributed by atoms with Crippen LogP contribution in [0.2, 0.25) is 0 Å². The van der Waals surface area contributed by atoms with Gasteiger partial charge >= 0.3 is 11.9 Å². The molecule has 1 aliphatic carbocycles. The lowest BCUT2D eigenvalue weighted by molar-refractivity contribution is -0.139. The van der Waals surface area contributed by atoms with E-state index in [2.05, 4.69) is 23.3 Å². The number of carbonyl (C=O) groups excluding carboxylic acids is 4. The van der Waals surface area contributed by atoms with E-state index in [4.69, 9.17) is 15.9 Å². The first kappa shape index (κ1) is 25.0. The van der Waals surface area contributed by atoms with Gasteiger partial charge in [0.2, 0.25) is 11.8 Å². The molecule has 6 N–H and O–H groups in total. The van der Waals surface area contributed by atoms with Crippen LogP contribution >= 0.6 is 12.6 Å². The number of hydrogen-bond donors (Lipinski definition) is 6. The minimum absolute atomic E-state index is 0.0256. The average molecular weight is 415 g/mol. The smallest absolute Gasteiger partial charge is 0.322 e. The van der Waals surface area contributed by atoms with Crippen LogP contribution in [0, 0.1) is 0 Å². The summed E-state index contributed by atoms with van der Waals surface area (Å²) >= 11 is 3.87. The van der Waals surface area contributed by atoms with Gasteiger partial charge in [-0.05, 0) is 30.7 Å². The number of aliphatic carboxylic acids is 2. The standard InChI is InChI=1S/C10H17N3O6S.C6H4O2/c11-5(10(18)19)1-2-7(14)13-6(4-20)9(17)12-3-8(15)16;7-5-1-2-6(8)4-3-5/h5-6,20H,1-4,11H2,(H,12,17)(H,13,14)(H,15,16)(H,18,19);1-4H. The summed E-state index contributed by atoms with van der Waals surface area (Å²) in [6, 6.07) is -2.15. The summed E-state index contributed by atoms with van der Waals surface area (Å²) in [5.41, 5.74) is 5.23. The number of allylic oxidation sites excluding steroid dienone is 4. The summed E-state index contributed by atoms with van der Waals surface area (Å²) < 4.78 is 0. The van der Waals surface area contributed by atoms with E-state index >= 15 is 0 Å². The number of thiol groups is 1. The van der Waals surface area contributed by atoms with Gasteiger partial charge in [-0.2, -0.15) is 12.6 Å². The number of carboxylic acid groups (broad SMARTS) is 2. The lowest BCUT2D eigenvalue weighted by Gasteiger charge is -2.16. The third kappa shape index (κ3) is 11.6. The third-order valence-corrected chi connectivity index (χ3v) is 3.44. The molecule has 12 heteroatoms. The number of carbonyl (C=O) groups is 6. The summed E-state index contributed by atoms with van der Waals surface area (Å²) in [6.07, 6.45) is 4.77. The molecule has 0 saturated heterocycles. The van der Waals surface area contributed by atoms with Crippen molar-refractivity contribution in [2.45, 2.75) is 24.9 Å². The van der Waals surface area contributed by atoms with Crippen LogP contribution in [-0.4, -0.2) is 69.9 Å². The second-order valence-corrected chi connectivity index (χ2v) is 5.73. The third-order valence-electron chi connectivity index (χ3n) is 3.07. The van der Waals surface area contributed by atoms with Crippen molar-refractivity contribution >= 4 is 47.9 Å². The number of rotatable bonds is 9. The van der Waals surface area contributed by atoms with Gasteiger partial charge in [0, 0.05) is 12.2 Å². The molecule has 154 valence electrons. The molecular weight excluding hydrogens is 394 g/mol. The topological polar surface area (TPSA) is 193 Å². The molecule has 0 saturated carbocycles. The molecule has 1 aliphatic rings. The van der Waals surface area contributed by atoms with Gasteiger partial charge in [0.05, 0.1) is 0 Å². The molecule has 0 bridgehead atoms. The molecule has 0 aliphatic heterocycles. The molecule has 2 unspecified atom stereocenters. The fourth-order valence-corrected chi connectivity index (χ4v) is 1.85. The van der Waals surface area contributed by atoms with Crippen LogP contribution in [0.4, 0.5) is 0 Å². The van der Waals surface area contributed by atoms with Gasteiger partial charge in [-0.25, -0.2) is 0 Å². The van der Waals surface area contributed by atoms with Crippen molar-refractivity contribution in [2.24, 2.45) is 5.73 Å². The zero-order valence-corrected chi connectivity index (χ0v) is 15.6. The Morgan fingerprint density at radius 1 is 1.04 bits per heavy atom. The zero-order valence-electron chi connectivity index (χ0n) is 14.7. The Bertz CT molecular complexity index is 651.